The zero-order valence-electron chi connectivity index (χ0n) is 13.8. The van der Waals surface area contributed by atoms with Gasteiger partial charge in [0.2, 0.25) is 0 Å². The van der Waals surface area contributed by atoms with Crippen LogP contribution in [0.3, 0.4) is 0 Å². The van der Waals surface area contributed by atoms with Crippen molar-refractivity contribution in [3.05, 3.63) is 29.8 Å². The summed E-state index contributed by atoms with van der Waals surface area (Å²) in [6.07, 6.45) is 3.89. The van der Waals surface area contributed by atoms with Gasteiger partial charge in [0.05, 0.1) is 6.61 Å². The zero-order chi connectivity index (χ0) is 15.1. The summed E-state index contributed by atoms with van der Waals surface area (Å²) in [5.41, 5.74) is 2.44. The topological polar surface area (TPSA) is 24.5 Å². The molecule has 0 amide bonds. The SMILES string of the molecule is CCCN1CCC(C(C)Nc2cccc(COC)c2)CC1. The van der Waals surface area contributed by atoms with Crippen molar-refractivity contribution in [2.45, 2.75) is 45.8 Å². The molecule has 0 aromatic heterocycles. The van der Waals surface area contributed by atoms with E-state index in [-0.39, 0.29) is 0 Å². The van der Waals surface area contributed by atoms with Crippen molar-refractivity contribution in [2.75, 3.05) is 32.1 Å². The minimum Gasteiger partial charge on any atom is -0.382 e. The van der Waals surface area contributed by atoms with Crippen LogP contribution in [0, 0.1) is 5.92 Å². The molecule has 21 heavy (non-hydrogen) atoms. The fourth-order valence-corrected chi connectivity index (χ4v) is 3.29. The first-order valence-electron chi connectivity index (χ1n) is 8.29. The number of hydrogen-bond acceptors (Lipinski definition) is 3. The van der Waals surface area contributed by atoms with Crippen LogP contribution in [0.4, 0.5) is 5.69 Å². The molecule has 0 saturated carbocycles. The maximum absolute atomic E-state index is 5.21. The van der Waals surface area contributed by atoms with E-state index in [0.29, 0.717) is 12.6 Å². The summed E-state index contributed by atoms with van der Waals surface area (Å²) in [7, 11) is 1.74. The van der Waals surface area contributed by atoms with E-state index in [4.69, 9.17) is 4.74 Å². The van der Waals surface area contributed by atoms with Crippen LogP contribution >= 0.6 is 0 Å². The van der Waals surface area contributed by atoms with E-state index in [9.17, 15) is 0 Å². The normalized spacial score (nSPS) is 18.6. The van der Waals surface area contributed by atoms with Crippen LogP contribution in [-0.4, -0.2) is 37.7 Å². The van der Waals surface area contributed by atoms with Crippen molar-refractivity contribution in [3.8, 4) is 0 Å². The van der Waals surface area contributed by atoms with Crippen LogP contribution in [0.2, 0.25) is 0 Å². The lowest BCUT2D eigenvalue weighted by Gasteiger charge is -2.35. The molecule has 1 aromatic rings. The molecule has 1 aromatic carbocycles. The van der Waals surface area contributed by atoms with Crippen molar-refractivity contribution in [3.63, 3.8) is 0 Å². The first-order valence-corrected chi connectivity index (χ1v) is 8.29. The van der Waals surface area contributed by atoms with Gasteiger partial charge in [-0.05, 0) is 69.4 Å². The van der Waals surface area contributed by atoms with Gasteiger partial charge in [0.1, 0.15) is 0 Å². The predicted molar refractivity (Wildman–Crippen MR) is 89.7 cm³/mol. The molecule has 1 atom stereocenters. The Morgan fingerprint density at radius 3 is 2.76 bits per heavy atom. The third kappa shape index (κ3) is 5.01. The molecule has 1 fully saturated rings. The fourth-order valence-electron chi connectivity index (χ4n) is 3.29. The smallest absolute Gasteiger partial charge is 0.0713 e. The number of nitrogens with zero attached hydrogens (tertiary/aromatic N) is 1. The average Bonchev–Trinajstić information content (AvgIpc) is 2.49. The van der Waals surface area contributed by atoms with Crippen molar-refractivity contribution >= 4 is 5.69 Å². The molecule has 0 spiro atoms. The molecule has 3 nitrogen and oxygen atoms in total. The summed E-state index contributed by atoms with van der Waals surface area (Å²) in [5, 5.41) is 3.68. The highest BCUT2D eigenvalue weighted by Gasteiger charge is 2.23. The van der Waals surface area contributed by atoms with Gasteiger partial charge in [-0.3, -0.25) is 0 Å². The summed E-state index contributed by atoms with van der Waals surface area (Å²) in [4.78, 5) is 2.60. The average molecular weight is 290 g/mol. The molecular weight excluding hydrogens is 260 g/mol. The van der Waals surface area contributed by atoms with Gasteiger partial charge in [-0.1, -0.05) is 19.1 Å². The van der Waals surface area contributed by atoms with Gasteiger partial charge in [0.15, 0.2) is 0 Å². The van der Waals surface area contributed by atoms with E-state index in [1.165, 1.54) is 50.1 Å². The molecule has 1 unspecified atom stereocenters. The Bertz CT molecular complexity index is 413. The Morgan fingerprint density at radius 2 is 2.10 bits per heavy atom. The van der Waals surface area contributed by atoms with Gasteiger partial charge in [0.25, 0.3) is 0 Å². The molecule has 2 rings (SSSR count). The van der Waals surface area contributed by atoms with Gasteiger partial charge in [-0.25, -0.2) is 0 Å². The number of benzene rings is 1. The third-order valence-corrected chi connectivity index (χ3v) is 4.51. The maximum Gasteiger partial charge on any atom is 0.0713 e. The zero-order valence-corrected chi connectivity index (χ0v) is 13.8. The van der Waals surface area contributed by atoms with Gasteiger partial charge < -0.3 is 15.0 Å². The number of hydrogen-bond donors (Lipinski definition) is 1. The molecule has 0 radical (unpaired) electrons. The minimum atomic E-state index is 0.534. The fraction of sp³-hybridized carbons (Fsp3) is 0.667. The first kappa shape index (κ1) is 16.3. The van der Waals surface area contributed by atoms with E-state index < -0.39 is 0 Å². The molecule has 1 heterocycles. The Labute approximate surface area is 129 Å². The summed E-state index contributed by atoms with van der Waals surface area (Å²) >= 11 is 0. The highest BCUT2D eigenvalue weighted by molar-refractivity contribution is 5.46. The van der Waals surface area contributed by atoms with E-state index in [0.717, 1.165) is 5.92 Å². The Morgan fingerprint density at radius 1 is 1.33 bits per heavy atom. The molecule has 3 heteroatoms. The maximum atomic E-state index is 5.21. The Kier molecular flexibility index (Phi) is 6.52. The van der Waals surface area contributed by atoms with E-state index in [1.54, 1.807) is 7.11 Å². The minimum absolute atomic E-state index is 0.534. The number of likely N-dealkylation sites (tertiary alicyclic amines) is 1. The molecule has 118 valence electrons. The number of ether oxygens (including phenoxy) is 1. The highest BCUT2D eigenvalue weighted by atomic mass is 16.5. The van der Waals surface area contributed by atoms with Crippen LogP contribution in [0.5, 0.6) is 0 Å². The predicted octanol–water partition coefficient (Wildman–Crippen LogP) is 3.76. The largest absolute Gasteiger partial charge is 0.382 e. The second-order valence-corrected chi connectivity index (χ2v) is 6.25. The van der Waals surface area contributed by atoms with Crippen LogP contribution in [0.25, 0.3) is 0 Å². The lowest BCUT2D eigenvalue weighted by molar-refractivity contribution is 0.176. The molecule has 1 aliphatic heterocycles. The number of piperidine rings is 1. The lowest BCUT2D eigenvalue weighted by Crippen LogP contribution is -2.39. The molecular formula is C18H30N2O. The van der Waals surface area contributed by atoms with E-state index in [2.05, 4.69) is 48.3 Å². The Balaban J connectivity index is 1.84. The van der Waals surface area contributed by atoms with Gasteiger partial charge in [0, 0.05) is 18.8 Å². The second-order valence-electron chi connectivity index (χ2n) is 6.25. The summed E-state index contributed by atoms with van der Waals surface area (Å²) < 4.78 is 5.21. The molecule has 1 N–H and O–H groups in total. The third-order valence-electron chi connectivity index (χ3n) is 4.51. The summed E-state index contributed by atoms with van der Waals surface area (Å²) in [6, 6.07) is 9.11. The van der Waals surface area contributed by atoms with Crippen molar-refractivity contribution in [2.24, 2.45) is 5.92 Å². The van der Waals surface area contributed by atoms with Crippen molar-refractivity contribution in [1.29, 1.82) is 0 Å². The van der Waals surface area contributed by atoms with E-state index >= 15 is 0 Å². The quantitative estimate of drug-likeness (QED) is 0.827. The highest BCUT2D eigenvalue weighted by Crippen LogP contribution is 2.23. The number of anilines is 1. The monoisotopic (exact) mass is 290 g/mol. The van der Waals surface area contributed by atoms with Gasteiger partial charge >= 0.3 is 0 Å². The summed E-state index contributed by atoms with van der Waals surface area (Å²) in [5.74, 6) is 0.782. The van der Waals surface area contributed by atoms with Crippen molar-refractivity contribution < 1.29 is 4.74 Å². The van der Waals surface area contributed by atoms with Crippen molar-refractivity contribution in [1.82, 2.24) is 4.90 Å². The molecule has 0 bridgehead atoms. The standard InChI is InChI=1S/C18H30N2O/c1-4-10-20-11-8-17(9-12-20)15(2)19-18-7-5-6-16(13-18)14-21-3/h5-7,13,15,17,19H,4,8-12,14H2,1-3H3. The van der Waals surface area contributed by atoms with Gasteiger partial charge in [-0.15, -0.1) is 0 Å². The second kappa shape index (κ2) is 8.40. The Hall–Kier alpha value is -1.06. The molecule has 1 aliphatic rings. The molecule has 1 saturated heterocycles. The lowest BCUT2D eigenvalue weighted by atomic mass is 9.90. The number of rotatable bonds is 7. The summed E-state index contributed by atoms with van der Waals surface area (Å²) in [6.45, 7) is 9.04. The van der Waals surface area contributed by atoms with Crippen LogP contribution in [-0.2, 0) is 11.3 Å². The van der Waals surface area contributed by atoms with Crippen LogP contribution in [0.15, 0.2) is 24.3 Å². The van der Waals surface area contributed by atoms with Crippen LogP contribution in [0.1, 0.15) is 38.7 Å². The van der Waals surface area contributed by atoms with Crippen LogP contribution < -0.4 is 5.32 Å². The van der Waals surface area contributed by atoms with E-state index in [1.807, 2.05) is 0 Å². The van der Waals surface area contributed by atoms with Gasteiger partial charge in [-0.2, -0.15) is 0 Å². The number of methoxy groups -OCH3 is 1. The number of nitrogens with one attached hydrogen (secondary N) is 1. The first-order chi connectivity index (χ1) is 10.2. The molecule has 0 aliphatic carbocycles.